The van der Waals surface area contributed by atoms with Crippen LogP contribution in [0, 0.1) is 13.8 Å². The van der Waals surface area contributed by atoms with Crippen molar-refractivity contribution in [2.75, 3.05) is 13.4 Å². The highest BCUT2D eigenvalue weighted by atomic mass is 32.2. The highest BCUT2D eigenvalue weighted by molar-refractivity contribution is 7.98. The van der Waals surface area contributed by atoms with Gasteiger partial charge in [0.1, 0.15) is 5.75 Å². The van der Waals surface area contributed by atoms with Gasteiger partial charge in [-0.1, -0.05) is 30.8 Å². The topological polar surface area (TPSA) is 81.4 Å². The maximum absolute atomic E-state index is 12.8. The number of aryl methyl sites for hydroxylation is 2. The first-order chi connectivity index (χ1) is 13.5. The lowest BCUT2D eigenvalue weighted by molar-refractivity contribution is -0.121. The molecule has 1 atom stereocenters. The van der Waals surface area contributed by atoms with Gasteiger partial charge < -0.3 is 10.1 Å². The van der Waals surface area contributed by atoms with E-state index in [0.29, 0.717) is 10.9 Å². The van der Waals surface area contributed by atoms with E-state index in [-0.39, 0.29) is 18.4 Å². The van der Waals surface area contributed by atoms with E-state index in [1.807, 2.05) is 44.4 Å². The van der Waals surface area contributed by atoms with Crippen molar-refractivity contribution in [3.63, 3.8) is 0 Å². The zero-order chi connectivity index (χ0) is 20.3. The largest absolute Gasteiger partial charge is 0.497 e. The molecule has 0 aliphatic carbocycles. The van der Waals surface area contributed by atoms with Crippen LogP contribution in [0.25, 0.3) is 5.78 Å². The van der Waals surface area contributed by atoms with Gasteiger partial charge in [0.05, 0.1) is 19.6 Å². The third-order valence-corrected chi connectivity index (χ3v) is 5.35. The number of ether oxygens (including phenoxy) is 1. The van der Waals surface area contributed by atoms with E-state index < -0.39 is 0 Å². The molecule has 28 heavy (non-hydrogen) atoms. The van der Waals surface area contributed by atoms with Crippen LogP contribution in [0.3, 0.4) is 0 Å². The number of benzene rings is 1. The molecule has 2 aromatic heterocycles. The molecule has 0 bridgehead atoms. The van der Waals surface area contributed by atoms with Gasteiger partial charge in [0.15, 0.2) is 0 Å². The Hall–Kier alpha value is -2.61. The zero-order valence-electron chi connectivity index (χ0n) is 16.8. The monoisotopic (exact) mass is 399 g/mol. The molecule has 0 aliphatic heterocycles. The molecule has 1 N–H and O–H groups in total. The zero-order valence-corrected chi connectivity index (χ0v) is 17.6. The average Bonchev–Trinajstić information content (AvgIpc) is 3.12. The Kier molecular flexibility index (Phi) is 6.18. The van der Waals surface area contributed by atoms with Crippen molar-refractivity contribution in [3.05, 3.63) is 46.8 Å². The molecule has 3 rings (SSSR count). The third-order valence-electron chi connectivity index (χ3n) is 4.81. The quantitative estimate of drug-likeness (QED) is 0.614. The Morgan fingerprint density at radius 3 is 2.57 bits per heavy atom. The van der Waals surface area contributed by atoms with E-state index in [4.69, 9.17) is 4.74 Å². The van der Waals surface area contributed by atoms with Crippen LogP contribution in [0.15, 0.2) is 29.4 Å². The molecule has 0 spiro atoms. The number of amides is 1. The summed E-state index contributed by atoms with van der Waals surface area (Å²) in [7, 11) is 1.64. The van der Waals surface area contributed by atoms with Gasteiger partial charge in [0.25, 0.3) is 5.78 Å². The average molecular weight is 400 g/mol. The van der Waals surface area contributed by atoms with E-state index in [1.54, 1.807) is 11.6 Å². The number of nitrogens with one attached hydrogen (secondary N) is 1. The van der Waals surface area contributed by atoms with Gasteiger partial charge in [-0.15, -0.1) is 5.10 Å². The normalized spacial score (nSPS) is 12.2. The number of hydrogen-bond acceptors (Lipinski definition) is 6. The molecule has 0 radical (unpaired) electrons. The number of methoxy groups -OCH3 is 1. The first-order valence-electron chi connectivity index (χ1n) is 9.17. The third kappa shape index (κ3) is 4.11. The summed E-state index contributed by atoms with van der Waals surface area (Å²) < 4.78 is 6.92. The molecule has 0 saturated heterocycles. The molecule has 0 aliphatic rings. The number of carbonyl (C=O) groups is 1. The van der Waals surface area contributed by atoms with Gasteiger partial charge in [-0.3, -0.25) is 4.79 Å². The Morgan fingerprint density at radius 2 is 1.96 bits per heavy atom. The fraction of sp³-hybridized carbons (Fsp3) is 0.400. The van der Waals surface area contributed by atoms with Crippen LogP contribution in [0.1, 0.15) is 41.9 Å². The molecular weight excluding hydrogens is 374 g/mol. The summed E-state index contributed by atoms with van der Waals surface area (Å²) in [5, 5.41) is 8.24. The Balaban J connectivity index is 1.79. The van der Waals surface area contributed by atoms with Crippen molar-refractivity contribution in [2.24, 2.45) is 0 Å². The maximum atomic E-state index is 12.8. The van der Waals surface area contributed by atoms with E-state index in [0.717, 1.165) is 34.7 Å². The van der Waals surface area contributed by atoms with Gasteiger partial charge >= 0.3 is 0 Å². The first kappa shape index (κ1) is 20.1. The van der Waals surface area contributed by atoms with Crippen LogP contribution in [0.5, 0.6) is 5.75 Å². The second kappa shape index (κ2) is 8.60. The van der Waals surface area contributed by atoms with E-state index in [1.165, 1.54) is 11.8 Å². The summed E-state index contributed by atoms with van der Waals surface area (Å²) in [6, 6.07) is 7.73. The summed E-state index contributed by atoms with van der Waals surface area (Å²) in [5.74, 6) is 1.32. The van der Waals surface area contributed by atoms with Crippen LogP contribution in [0.2, 0.25) is 0 Å². The lowest BCUT2D eigenvalue weighted by Gasteiger charge is -2.18. The number of carbonyl (C=O) groups excluding carboxylic acids is 1. The SMILES string of the molecule is CCC(NC(=O)Cc1c(C)nc2nc(SC)nn2c1C)c1ccc(OC)cc1. The van der Waals surface area contributed by atoms with Gasteiger partial charge in [-0.2, -0.15) is 4.98 Å². The number of aromatic nitrogens is 4. The maximum Gasteiger partial charge on any atom is 0.253 e. The lowest BCUT2D eigenvalue weighted by Crippen LogP contribution is -2.30. The number of rotatable bonds is 7. The van der Waals surface area contributed by atoms with E-state index in [9.17, 15) is 4.79 Å². The summed E-state index contributed by atoms with van der Waals surface area (Å²) in [4.78, 5) is 21.7. The van der Waals surface area contributed by atoms with Crippen LogP contribution in [0.4, 0.5) is 0 Å². The van der Waals surface area contributed by atoms with Gasteiger partial charge in [0.2, 0.25) is 11.1 Å². The van der Waals surface area contributed by atoms with Crippen molar-refractivity contribution in [1.82, 2.24) is 24.9 Å². The standard InChI is InChI=1S/C20H25N5O2S/c1-6-17(14-7-9-15(27-4)10-8-14)22-18(26)11-16-12(2)21-19-23-20(28-5)24-25(19)13(16)3/h7-10,17H,6,11H2,1-5H3,(H,22,26). The Bertz CT molecular complexity index is 984. The van der Waals surface area contributed by atoms with Crippen LogP contribution in [-0.2, 0) is 11.2 Å². The minimum absolute atomic E-state index is 0.0415. The van der Waals surface area contributed by atoms with Crippen LogP contribution >= 0.6 is 11.8 Å². The molecule has 3 aromatic rings. The fourth-order valence-corrected chi connectivity index (χ4v) is 3.53. The van der Waals surface area contributed by atoms with Crippen molar-refractivity contribution in [2.45, 2.75) is 44.8 Å². The number of thioether (sulfide) groups is 1. The van der Waals surface area contributed by atoms with E-state index >= 15 is 0 Å². The molecule has 2 heterocycles. The molecule has 0 fully saturated rings. The number of nitrogens with zero attached hydrogens (tertiary/aromatic N) is 4. The summed E-state index contributed by atoms with van der Waals surface area (Å²) in [6.45, 7) is 5.91. The lowest BCUT2D eigenvalue weighted by atomic mass is 10.0. The highest BCUT2D eigenvalue weighted by Crippen LogP contribution is 2.21. The van der Waals surface area contributed by atoms with Gasteiger partial charge in [-0.05, 0) is 44.2 Å². The Labute approximate surface area is 168 Å². The summed E-state index contributed by atoms with van der Waals surface area (Å²) in [6.07, 6.45) is 2.98. The first-order valence-corrected chi connectivity index (χ1v) is 10.4. The van der Waals surface area contributed by atoms with Crippen molar-refractivity contribution in [1.29, 1.82) is 0 Å². The second-order valence-electron chi connectivity index (χ2n) is 6.55. The van der Waals surface area contributed by atoms with Crippen LogP contribution in [-0.4, -0.2) is 38.9 Å². The molecule has 1 unspecified atom stereocenters. The second-order valence-corrected chi connectivity index (χ2v) is 7.32. The summed E-state index contributed by atoms with van der Waals surface area (Å²) in [5.41, 5.74) is 3.63. The van der Waals surface area contributed by atoms with Crippen molar-refractivity contribution < 1.29 is 9.53 Å². The van der Waals surface area contributed by atoms with Crippen molar-refractivity contribution >= 4 is 23.4 Å². The van der Waals surface area contributed by atoms with Crippen molar-refractivity contribution in [3.8, 4) is 5.75 Å². The molecule has 1 aromatic carbocycles. The van der Waals surface area contributed by atoms with Crippen LogP contribution < -0.4 is 10.1 Å². The molecular formula is C20H25N5O2S. The van der Waals surface area contributed by atoms with E-state index in [2.05, 4.69) is 27.3 Å². The molecule has 148 valence electrons. The molecule has 1 amide bonds. The number of hydrogen-bond donors (Lipinski definition) is 1. The summed E-state index contributed by atoms with van der Waals surface area (Å²) >= 11 is 1.47. The predicted molar refractivity (Wildman–Crippen MR) is 110 cm³/mol. The molecule has 8 heteroatoms. The molecule has 7 nitrogen and oxygen atoms in total. The van der Waals surface area contributed by atoms with Gasteiger partial charge in [0, 0.05) is 17.0 Å². The highest BCUT2D eigenvalue weighted by Gasteiger charge is 2.18. The minimum Gasteiger partial charge on any atom is -0.497 e. The number of fused-ring (bicyclic) bond motifs is 1. The van der Waals surface area contributed by atoms with Gasteiger partial charge in [-0.25, -0.2) is 9.50 Å². The minimum atomic E-state index is -0.0508. The Morgan fingerprint density at radius 1 is 1.25 bits per heavy atom. The predicted octanol–water partition coefficient (Wildman–Crippen LogP) is 3.28. The smallest absolute Gasteiger partial charge is 0.253 e. The molecule has 0 saturated carbocycles. The fourth-order valence-electron chi connectivity index (χ4n) is 3.20.